The topological polar surface area (TPSA) is 67.3 Å². The molecule has 1 aliphatic heterocycles. The fraction of sp³-hybridized carbons (Fsp3) is 0.786. The SMILES string of the molecule is Cc1nn(C(C)C)c(N2CCCCC2CCO)c1N. The van der Waals surface area contributed by atoms with Crippen LogP contribution < -0.4 is 10.6 Å². The van der Waals surface area contributed by atoms with E-state index in [0.29, 0.717) is 12.1 Å². The van der Waals surface area contributed by atoms with Crippen molar-refractivity contribution in [2.75, 3.05) is 23.8 Å². The van der Waals surface area contributed by atoms with Crippen LogP contribution >= 0.6 is 0 Å². The van der Waals surface area contributed by atoms with Gasteiger partial charge in [0.2, 0.25) is 0 Å². The van der Waals surface area contributed by atoms with Gasteiger partial charge in [-0.05, 0) is 46.5 Å². The second-order valence-corrected chi connectivity index (χ2v) is 5.72. The smallest absolute Gasteiger partial charge is 0.151 e. The fourth-order valence-corrected chi connectivity index (χ4v) is 2.92. The lowest BCUT2D eigenvalue weighted by molar-refractivity contribution is 0.261. The highest BCUT2D eigenvalue weighted by Gasteiger charge is 2.28. The number of nitrogens with two attached hydrogens (primary N) is 1. The van der Waals surface area contributed by atoms with Gasteiger partial charge in [0.15, 0.2) is 5.82 Å². The fourth-order valence-electron chi connectivity index (χ4n) is 2.92. The first-order valence-corrected chi connectivity index (χ1v) is 7.28. The van der Waals surface area contributed by atoms with Gasteiger partial charge < -0.3 is 15.7 Å². The number of anilines is 2. The summed E-state index contributed by atoms with van der Waals surface area (Å²) in [4.78, 5) is 2.36. The Bertz CT molecular complexity index is 425. The molecule has 0 bridgehead atoms. The molecule has 5 nitrogen and oxygen atoms in total. The van der Waals surface area contributed by atoms with Gasteiger partial charge in [0.1, 0.15) is 0 Å². The molecule has 1 aromatic rings. The van der Waals surface area contributed by atoms with Crippen molar-refractivity contribution in [2.24, 2.45) is 0 Å². The summed E-state index contributed by atoms with van der Waals surface area (Å²) in [7, 11) is 0. The van der Waals surface area contributed by atoms with Crippen molar-refractivity contribution >= 4 is 11.5 Å². The zero-order valence-corrected chi connectivity index (χ0v) is 12.3. The molecule has 2 rings (SSSR count). The molecule has 1 aliphatic rings. The lowest BCUT2D eigenvalue weighted by atomic mass is 9.99. The summed E-state index contributed by atoms with van der Waals surface area (Å²) in [6.45, 7) is 7.45. The minimum absolute atomic E-state index is 0.232. The van der Waals surface area contributed by atoms with Crippen LogP contribution in [-0.4, -0.2) is 34.1 Å². The van der Waals surface area contributed by atoms with Crippen molar-refractivity contribution in [3.8, 4) is 0 Å². The molecule has 2 heterocycles. The van der Waals surface area contributed by atoms with Crippen LogP contribution in [0.3, 0.4) is 0 Å². The standard InChI is InChI=1S/C14H26N4O/c1-10(2)18-14(13(15)11(3)16-18)17-8-5-4-6-12(17)7-9-19/h10,12,19H,4-9,15H2,1-3H3. The minimum atomic E-state index is 0.232. The molecule has 19 heavy (non-hydrogen) atoms. The Labute approximate surface area is 115 Å². The molecule has 0 aromatic carbocycles. The number of hydrogen-bond donors (Lipinski definition) is 2. The number of piperidine rings is 1. The predicted molar refractivity (Wildman–Crippen MR) is 78.4 cm³/mol. The van der Waals surface area contributed by atoms with Crippen molar-refractivity contribution in [1.29, 1.82) is 0 Å². The number of nitrogens with zero attached hydrogens (tertiary/aromatic N) is 3. The van der Waals surface area contributed by atoms with Crippen LogP contribution in [0.25, 0.3) is 0 Å². The third-order valence-electron chi connectivity index (χ3n) is 3.96. The van der Waals surface area contributed by atoms with Crippen molar-refractivity contribution in [3.63, 3.8) is 0 Å². The molecule has 1 fully saturated rings. The van der Waals surface area contributed by atoms with Gasteiger partial charge in [-0.15, -0.1) is 0 Å². The van der Waals surface area contributed by atoms with E-state index in [0.717, 1.165) is 36.6 Å². The molecule has 0 aliphatic carbocycles. The van der Waals surface area contributed by atoms with Gasteiger partial charge in [-0.2, -0.15) is 5.10 Å². The molecular formula is C14H26N4O. The number of aromatic nitrogens is 2. The summed E-state index contributed by atoms with van der Waals surface area (Å²) in [6.07, 6.45) is 4.35. The normalized spacial score (nSPS) is 20.3. The highest BCUT2D eigenvalue weighted by Crippen LogP contribution is 2.34. The molecule has 0 amide bonds. The maximum Gasteiger partial charge on any atom is 0.151 e. The van der Waals surface area contributed by atoms with E-state index in [1.165, 1.54) is 12.8 Å². The monoisotopic (exact) mass is 266 g/mol. The summed E-state index contributed by atoms with van der Waals surface area (Å²) < 4.78 is 2.03. The minimum Gasteiger partial charge on any atom is -0.396 e. The zero-order chi connectivity index (χ0) is 14.0. The summed E-state index contributed by atoms with van der Waals surface area (Å²) in [5, 5.41) is 13.8. The van der Waals surface area contributed by atoms with Crippen LogP contribution in [0, 0.1) is 6.92 Å². The second-order valence-electron chi connectivity index (χ2n) is 5.72. The number of aliphatic hydroxyl groups is 1. The molecule has 5 heteroatoms. The maximum atomic E-state index is 9.26. The van der Waals surface area contributed by atoms with Gasteiger partial charge in [-0.25, -0.2) is 4.68 Å². The molecule has 1 atom stereocenters. The van der Waals surface area contributed by atoms with Gasteiger partial charge >= 0.3 is 0 Å². The van der Waals surface area contributed by atoms with E-state index >= 15 is 0 Å². The molecule has 1 aromatic heterocycles. The zero-order valence-electron chi connectivity index (χ0n) is 12.3. The number of rotatable bonds is 4. The number of aliphatic hydroxyl groups excluding tert-OH is 1. The first kappa shape index (κ1) is 14.2. The highest BCUT2D eigenvalue weighted by atomic mass is 16.3. The Kier molecular flexibility index (Phi) is 4.34. The maximum absolute atomic E-state index is 9.26. The predicted octanol–water partition coefficient (Wildman–Crippen LogP) is 2.10. The van der Waals surface area contributed by atoms with Crippen molar-refractivity contribution in [1.82, 2.24) is 9.78 Å². The van der Waals surface area contributed by atoms with E-state index in [-0.39, 0.29) is 6.61 Å². The molecule has 0 radical (unpaired) electrons. The van der Waals surface area contributed by atoms with Gasteiger partial charge in [0.25, 0.3) is 0 Å². The van der Waals surface area contributed by atoms with Crippen molar-refractivity contribution in [2.45, 2.75) is 58.5 Å². The summed E-state index contributed by atoms with van der Waals surface area (Å²) in [5.41, 5.74) is 7.93. The lowest BCUT2D eigenvalue weighted by Crippen LogP contribution is -2.42. The van der Waals surface area contributed by atoms with E-state index in [2.05, 4.69) is 23.8 Å². The lowest BCUT2D eigenvalue weighted by Gasteiger charge is -2.38. The summed E-state index contributed by atoms with van der Waals surface area (Å²) in [6, 6.07) is 0.678. The first-order chi connectivity index (χ1) is 9.06. The molecule has 0 spiro atoms. The van der Waals surface area contributed by atoms with Crippen LogP contribution in [-0.2, 0) is 0 Å². The average Bonchev–Trinajstić information content (AvgIpc) is 2.68. The van der Waals surface area contributed by atoms with Gasteiger partial charge in [-0.1, -0.05) is 0 Å². The van der Waals surface area contributed by atoms with E-state index in [1.54, 1.807) is 0 Å². The van der Waals surface area contributed by atoms with E-state index < -0.39 is 0 Å². The van der Waals surface area contributed by atoms with Crippen LogP contribution in [0.5, 0.6) is 0 Å². The van der Waals surface area contributed by atoms with Crippen LogP contribution in [0.15, 0.2) is 0 Å². The Morgan fingerprint density at radius 1 is 1.42 bits per heavy atom. The third-order valence-corrected chi connectivity index (χ3v) is 3.96. The molecule has 3 N–H and O–H groups in total. The second kappa shape index (κ2) is 5.82. The summed E-state index contributed by atoms with van der Waals surface area (Å²) in [5.74, 6) is 1.05. The third kappa shape index (κ3) is 2.71. The quantitative estimate of drug-likeness (QED) is 0.875. The van der Waals surface area contributed by atoms with Crippen molar-refractivity contribution in [3.05, 3.63) is 5.69 Å². The van der Waals surface area contributed by atoms with Gasteiger partial charge in [-0.3, -0.25) is 0 Å². The Hall–Kier alpha value is -1.23. The van der Waals surface area contributed by atoms with Crippen LogP contribution in [0.4, 0.5) is 11.5 Å². The van der Waals surface area contributed by atoms with Gasteiger partial charge in [0, 0.05) is 25.2 Å². The average molecular weight is 266 g/mol. The largest absolute Gasteiger partial charge is 0.396 e. The Morgan fingerprint density at radius 2 is 2.16 bits per heavy atom. The number of nitrogen functional groups attached to an aromatic ring is 1. The van der Waals surface area contributed by atoms with E-state index in [1.807, 2.05) is 11.6 Å². The number of aryl methyl sites for hydroxylation is 1. The Balaban J connectivity index is 2.37. The number of hydrogen-bond acceptors (Lipinski definition) is 4. The molecule has 108 valence electrons. The van der Waals surface area contributed by atoms with E-state index in [9.17, 15) is 5.11 Å². The van der Waals surface area contributed by atoms with Gasteiger partial charge in [0.05, 0.1) is 11.4 Å². The van der Waals surface area contributed by atoms with Crippen molar-refractivity contribution < 1.29 is 5.11 Å². The molecule has 1 saturated heterocycles. The summed E-state index contributed by atoms with van der Waals surface area (Å²) >= 11 is 0. The highest BCUT2D eigenvalue weighted by molar-refractivity contribution is 5.67. The molecule has 1 unspecified atom stereocenters. The Morgan fingerprint density at radius 3 is 2.79 bits per heavy atom. The van der Waals surface area contributed by atoms with Crippen LogP contribution in [0.1, 0.15) is 51.3 Å². The molecule has 0 saturated carbocycles. The molecular weight excluding hydrogens is 240 g/mol. The van der Waals surface area contributed by atoms with Crippen LogP contribution in [0.2, 0.25) is 0 Å². The van der Waals surface area contributed by atoms with E-state index in [4.69, 9.17) is 5.73 Å². The first-order valence-electron chi connectivity index (χ1n) is 7.28.